The molecule has 2 aliphatic carbocycles. The van der Waals surface area contributed by atoms with Crippen LogP contribution in [0, 0.1) is 5.41 Å². The van der Waals surface area contributed by atoms with E-state index in [1.54, 1.807) is 0 Å². The molecule has 3 rings (SSSR count). The molecule has 1 N–H and O–H groups in total. The highest BCUT2D eigenvalue weighted by Crippen LogP contribution is 2.44. The molecule has 4 heteroatoms. The highest BCUT2D eigenvalue weighted by molar-refractivity contribution is 5.76. The lowest BCUT2D eigenvalue weighted by atomic mass is 9.92. The average molecular weight is 289 g/mol. The lowest BCUT2D eigenvalue weighted by Crippen LogP contribution is -2.30. The van der Waals surface area contributed by atoms with E-state index in [4.69, 9.17) is 5.10 Å². The molecule has 1 aromatic rings. The molecule has 21 heavy (non-hydrogen) atoms. The number of carbonyl (C=O) groups is 1. The van der Waals surface area contributed by atoms with Gasteiger partial charge in [-0.1, -0.05) is 20.8 Å². The van der Waals surface area contributed by atoms with Gasteiger partial charge in [-0.3, -0.25) is 9.48 Å². The quantitative estimate of drug-likeness (QED) is 0.874. The Balaban J connectivity index is 1.54. The molecule has 2 saturated carbocycles. The van der Waals surface area contributed by atoms with Gasteiger partial charge in [-0.2, -0.15) is 5.10 Å². The highest BCUT2D eigenvalue weighted by Gasteiger charge is 2.32. The van der Waals surface area contributed by atoms with Crippen LogP contribution in [-0.2, 0) is 11.3 Å². The van der Waals surface area contributed by atoms with Gasteiger partial charge in [0.15, 0.2) is 0 Å². The summed E-state index contributed by atoms with van der Waals surface area (Å²) < 4.78 is 2.14. The largest absolute Gasteiger partial charge is 0.354 e. The zero-order chi connectivity index (χ0) is 15.0. The van der Waals surface area contributed by atoms with E-state index >= 15 is 0 Å². The van der Waals surface area contributed by atoms with Crippen LogP contribution in [0.5, 0.6) is 0 Å². The molecular weight excluding hydrogens is 262 g/mol. The first kappa shape index (κ1) is 14.6. The molecule has 0 unspecified atom stereocenters. The van der Waals surface area contributed by atoms with Gasteiger partial charge in [0.05, 0.1) is 12.2 Å². The number of carbonyl (C=O) groups excluding carboxylic acids is 1. The first-order valence-electron chi connectivity index (χ1n) is 8.27. The van der Waals surface area contributed by atoms with Crippen molar-refractivity contribution in [1.29, 1.82) is 0 Å². The number of nitrogens with one attached hydrogen (secondary N) is 1. The lowest BCUT2D eigenvalue weighted by Gasteiger charge is -2.17. The molecule has 2 fully saturated rings. The van der Waals surface area contributed by atoms with Gasteiger partial charge < -0.3 is 5.32 Å². The molecule has 1 aromatic heterocycles. The van der Waals surface area contributed by atoms with E-state index < -0.39 is 0 Å². The summed E-state index contributed by atoms with van der Waals surface area (Å²) in [4.78, 5) is 11.9. The van der Waals surface area contributed by atoms with E-state index in [2.05, 4.69) is 36.8 Å². The minimum Gasteiger partial charge on any atom is -0.354 e. The van der Waals surface area contributed by atoms with Crippen LogP contribution in [0.3, 0.4) is 0 Å². The fraction of sp³-hybridized carbons (Fsp3) is 0.765. The van der Waals surface area contributed by atoms with E-state index in [1.807, 2.05) is 0 Å². The second-order valence-electron chi connectivity index (χ2n) is 7.85. The van der Waals surface area contributed by atoms with E-state index in [1.165, 1.54) is 37.1 Å². The maximum absolute atomic E-state index is 11.9. The summed E-state index contributed by atoms with van der Waals surface area (Å²) in [6, 6.07) is 2.31. The van der Waals surface area contributed by atoms with Gasteiger partial charge in [-0.15, -0.1) is 0 Å². The van der Waals surface area contributed by atoms with E-state index in [0.29, 0.717) is 18.9 Å². The van der Waals surface area contributed by atoms with Gasteiger partial charge in [0.25, 0.3) is 0 Å². The molecule has 0 spiro atoms. The third kappa shape index (κ3) is 4.08. The van der Waals surface area contributed by atoms with Crippen LogP contribution in [0.4, 0.5) is 0 Å². The predicted octanol–water partition coefficient (Wildman–Crippen LogP) is 3.19. The molecule has 0 saturated heterocycles. The van der Waals surface area contributed by atoms with Crippen molar-refractivity contribution in [1.82, 2.24) is 15.1 Å². The van der Waals surface area contributed by atoms with Crippen LogP contribution in [0.1, 0.15) is 76.1 Å². The third-order valence-corrected chi connectivity index (χ3v) is 4.16. The minimum atomic E-state index is 0.0497. The molecule has 4 nitrogen and oxygen atoms in total. The number of hydrogen-bond acceptors (Lipinski definition) is 2. The number of rotatable bonds is 6. The molecule has 116 valence electrons. The zero-order valence-corrected chi connectivity index (χ0v) is 13.5. The molecule has 0 aromatic carbocycles. The molecule has 0 bridgehead atoms. The van der Waals surface area contributed by atoms with Crippen molar-refractivity contribution in [3.8, 4) is 0 Å². The van der Waals surface area contributed by atoms with Crippen molar-refractivity contribution in [3.05, 3.63) is 17.5 Å². The monoisotopic (exact) mass is 289 g/mol. The van der Waals surface area contributed by atoms with Crippen molar-refractivity contribution in [2.75, 3.05) is 6.54 Å². The van der Waals surface area contributed by atoms with Gasteiger partial charge in [0.2, 0.25) is 5.91 Å². The second-order valence-corrected chi connectivity index (χ2v) is 7.85. The first-order chi connectivity index (χ1) is 9.92. The predicted molar refractivity (Wildman–Crippen MR) is 83.3 cm³/mol. The number of aromatic nitrogens is 2. The standard InChI is InChI=1S/C17H27N3O/c1-17(2,3)11-16(21)18-8-9-20-15(13-6-7-13)10-14(19-20)12-4-5-12/h10,12-13H,4-9,11H2,1-3H3,(H,18,21). The van der Waals surface area contributed by atoms with E-state index in [0.717, 1.165) is 12.5 Å². The molecule has 0 aliphatic heterocycles. The van der Waals surface area contributed by atoms with Crippen molar-refractivity contribution in [2.24, 2.45) is 5.41 Å². The first-order valence-corrected chi connectivity index (χ1v) is 8.27. The lowest BCUT2D eigenvalue weighted by molar-refractivity contribution is -0.122. The van der Waals surface area contributed by atoms with E-state index in [9.17, 15) is 4.79 Å². The summed E-state index contributed by atoms with van der Waals surface area (Å²) in [5.41, 5.74) is 2.72. The van der Waals surface area contributed by atoms with Crippen LogP contribution >= 0.6 is 0 Å². The van der Waals surface area contributed by atoms with Crippen LogP contribution in [0.2, 0.25) is 0 Å². The minimum absolute atomic E-state index is 0.0497. The van der Waals surface area contributed by atoms with Gasteiger partial charge in [-0.05, 0) is 37.2 Å². The Morgan fingerprint density at radius 1 is 1.29 bits per heavy atom. The third-order valence-electron chi connectivity index (χ3n) is 4.16. The molecule has 2 aliphatic rings. The SMILES string of the molecule is CC(C)(C)CC(=O)NCCn1nc(C2CC2)cc1C1CC1. The molecular formula is C17H27N3O. The van der Waals surface area contributed by atoms with Crippen LogP contribution in [0.25, 0.3) is 0 Å². The fourth-order valence-corrected chi connectivity index (χ4v) is 2.76. The smallest absolute Gasteiger partial charge is 0.220 e. The Bertz CT molecular complexity index is 519. The molecule has 1 amide bonds. The van der Waals surface area contributed by atoms with Crippen LogP contribution in [-0.4, -0.2) is 22.2 Å². The Morgan fingerprint density at radius 2 is 1.95 bits per heavy atom. The van der Waals surface area contributed by atoms with Crippen LogP contribution in [0.15, 0.2) is 6.07 Å². The summed E-state index contributed by atoms with van der Waals surface area (Å²) in [5, 5.41) is 7.80. The summed E-state index contributed by atoms with van der Waals surface area (Å²) in [5.74, 6) is 1.57. The van der Waals surface area contributed by atoms with Crippen molar-refractivity contribution in [2.45, 2.75) is 71.3 Å². The normalized spacial score (nSPS) is 18.8. The summed E-state index contributed by atoms with van der Waals surface area (Å²) >= 11 is 0. The highest BCUT2D eigenvalue weighted by atomic mass is 16.1. The van der Waals surface area contributed by atoms with Crippen molar-refractivity contribution < 1.29 is 4.79 Å². The van der Waals surface area contributed by atoms with Gasteiger partial charge >= 0.3 is 0 Å². The Hall–Kier alpha value is -1.32. The molecule has 1 heterocycles. The molecule has 0 atom stereocenters. The van der Waals surface area contributed by atoms with Crippen molar-refractivity contribution in [3.63, 3.8) is 0 Å². The summed E-state index contributed by atoms with van der Waals surface area (Å²) in [6.07, 6.45) is 5.76. The van der Waals surface area contributed by atoms with Crippen LogP contribution < -0.4 is 5.32 Å². The molecule has 0 radical (unpaired) electrons. The zero-order valence-electron chi connectivity index (χ0n) is 13.5. The van der Waals surface area contributed by atoms with Crippen molar-refractivity contribution >= 4 is 5.91 Å². The average Bonchev–Trinajstić information content (AvgIpc) is 3.26. The van der Waals surface area contributed by atoms with Gasteiger partial charge in [-0.25, -0.2) is 0 Å². The summed E-state index contributed by atoms with van der Waals surface area (Å²) in [7, 11) is 0. The maximum Gasteiger partial charge on any atom is 0.220 e. The summed E-state index contributed by atoms with van der Waals surface area (Å²) in [6.45, 7) is 7.75. The Morgan fingerprint density at radius 3 is 2.52 bits per heavy atom. The fourth-order valence-electron chi connectivity index (χ4n) is 2.76. The number of amides is 1. The Labute approximate surface area is 127 Å². The number of hydrogen-bond donors (Lipinski definition) is 1. The topological polar surface area (TPSA) is 46.9 Å². The maximum atomic E-state index is 11.9. The number of nitrogens with zero attached hydrogens (tertiary/aromatic N) is 2. The Kier molecular flexibility index (Phi) is 3.80. The van der Waals surface area contributed by atoms with Gasteiger partial charge in [0.1, 0.15) is 0 Å². The second kappa shape index (κ2) is 5.47. The van der Waals surface area contributed by atoms with E-state index in [-0.39, 0.29) is 11.3 Å². The van der Waals surface area contributed by atoms with Gasteiger partial charge in [0, 0.05) is 30.5 Å².